The first-order valence-corrected chi connectivity index (χ1v) is 9.74. The lowest BCUT2D eigenvalue weighted by Gasteiger charge is -2.27. The predicted octanol–water partition coefficient (Wildman–Crippen LogP) is 3.87. The van der Waals surface area contributed by atoms with Crippen LogP contribution in [0.25, 0.3) is 10.9 Å². The molecular weight excluding hydrogens is 394 g/mol. The molecule has 7 heteroatoms. The molecule has 1 heterocycles. The van der Waals surface area contributed by atoms with Gasteiger partial charge in [0.1, 0.15) is 12.1 Å². The van der Waals surface area contributed by atoms with Crippen LogP contribution in [0.3, 0.4) is 0 Å². The first kappa shape index (κ1) is 21.9. The molecule has 3 rings (SSSR count). The van der Waals surface area contributed by atoms with Crippen LogP contribution >= 0.6 is 0 Å². The molecule has 0 unspecified atom stereocenters. The Morgan fingerprint density at radius 1 is 1.16 bits per heavy atom. The summed E-state index contributed by atoms with van der Waals surface area (Å²) in [7, 11) is 0. The minimum atomic E-state index is -1.03. The fraction of sp³-hybridized carbons (Fsp3) is 0.250. The molecule has 1 N–H and O–H groups in total. The van der Waals surface area contributed by atoms with E-state index in [-0.39, 0.29) is 18.2 Å². The highest BCUT2D eigenvalue weighted by Crippen LogP contribution is 2.35. The Balaban J connectivity index is 1.84. The Kier molecular flexibility index (Phi) is 6.04. The number of hydrogen-bond acceptors (Lipinski definition) is 4. The van der Waals surface area contributed by atoms with Gasteiger partial charge < -0.3 is 10.0 Å². The third-order valence-electron chi connectivity index (χ3n) is 5.32. The van der Waals surface area contributed by atoms with E-state index in [1.807, 2.05) is 12.1 Å². The monoisotopic (exact) mass is 417 g/mol. The first-order chi connectivity index (χ1) is 14.7. The van der Waals surface area contributed by atoms with Gasteiger partial charge in [-0.1, -0.05) is 36.4 Å². The molecule has 3 amide bonds. The second-order valence-corrected chi connectivity index (χ2v) is 7.85. The third-order valence-corrected chi connectivity index (χ3v) is 5.32. The normalized spacial score (nSPS) is 15.6. The summed E-state index contributed by atoms with van der Waals surface area (Å²) < 4.78 is 0. The van der Waals surface area contributed by atoms with Crippen molar-refractivity contribution in [2.75, 3.05) is 11.5 Å². The summed E-state index contributed by atoms with van der Waals surface area (Å²) in [4.78, 5) is 43.6. The minimum absolute atomic E-state index is 0.243. The zero-order valence-corrected chi connectivity index (χ0v) is 17.6. The lowest BCUT2D eigenvalue weighted by molar-refractivity contribution is -0.123. The SMILES string of the molecule is [C-]#[N+]c1ccc(N2C(=O)N(Cc3ccc(/C=C/C(=O)CO)cc3)C(C)(C)C2=O)cc1C. The number of aryl methyl sites for hydroxylation is 1. The molecule has 0 bridgehead atoms. The topological polar surface area (TPSA) is 82.3 Å². The van der Waals surface area contributed by atoms with E-state index in [1.54, 1.807) is 57.2 Å². The molecule has 0 aliphatic carbocycles. The van der Waals surface area contributed by atoms with Crippen LogP contribution in [0.4, 0.5) is 16.2 Å². The van der Waals surface area contributed by atoms with Crippen molar-refractivity contribution in [3.63, 3.8) is 0 Å². The van der Waals surface area contributed by atoms with Gasteiger partial charge in [-0.2, -0.15) is 0 Å². The number of anilines is 1. The Morgan fingerprint density at radius 3 is 2.42 bits per heavy atom. The summed E-state index contributed by atoms with van der Waals surface area (Å²) in [5.41, 5.74) is 2.22. The number of aliphatic hydroxyl groups excluding tert-OH is 1. The molecule has 158 valence electrons. The van der Waals surface area contributed by atoms with E-state index in [0.29, 0.717) is 16.9 Å². The standard InChI is InChI=1S/C24H23N3O4/c1-16-13-19(10-12-21(16)25-4)27-22(30)24(2,3)26(23(27)31)14-18-7-5-17(6-8-18)9-11-20(29)15-28/h5-13,28H,14-15H2,1-3H3/b11-9+. The van der Waals surface area contributed by atoms with Gasteiger partial charge in [0.25, 0.3) is 5.91 Å². The van der Waals surface area contributed by atoms with Crippen molar-refractivity contribution in [2.45, 2.75) is 32.9 Å². The Hall–Kier alpha value is -3.76. The van der Waals surface area contributed by atoms with Gasteiger partial charge in [-0.25, -0.2) is 14.5 Å². The number of hydrogen-bond donors (Lipinski definition) is 1. The minimum Gasteiger partial charge on any atom is -0.388 e. The Morgan fingerprint density at radius 2 is 1.84 bits per heavy atom. The molecule has 0 spiro atoms. The number of imide groups is 1. The summed E-state index contributed by atoms with van der Waals surface area (Å²) in [6, 6.07) is 11.8. The highest BCUT2D eigenvalue weighted by atomic mass is 16.3. The summed E-state index contributed by atoms with van der Waals surface area (Å²) >= 11 is 0. The average Bonchev–Trinajstić information content (AvgIpc) is 2.92. The van der Waals surface area contributed by atoms with E-state index in [1.165, 1.54) is 15.9 Å². The van der Waals surface area contributed by atoms with Gasteiger partial charge in [-0.05, 0) is 55.7 Å². The van der Waals surface area contributed by atoms with Crippen LogP contribution < -0.4 is 4.90 Å². The van der Waals surface area contributed by atoms with Gasteiger partial charge in [0.05, 0.1) is 12.3 Å². The third kappa shape index (κ3) is 4.25. The lowest BCUT2D eigenvalue weighted by Crippen LogP contribution is -2.43. The second-order valence-electron chi connectivity index (χ2n) is 7.85. The molecule has 0 atom stereocenters. The molecule has 7 nitrogen and oxygen atoms in total. The maximum Gasteiger partial charge on any atom is 0.332 e. The van der Waals surface area contributed by atoms with E-state index in [0.717, 1.165) is 11.1 Å². The fourth-order valence-corrected chi connectivity index (χ4v) is 3.39. The Bertz CT molecular complexity index is 1110. The van der Waals surface area contributed by atoms with E-state index < -0.39 is 18.2 Å². The van der Waals surface area contributed by atoms with Crippen LogP contribution in [0.2, 0.25) is 0 Å². The summed E-state index contributed by atoms with van der Waals surface area (Å²) in [6.45, 7) is 12.1. The van der Waals surface area contributed by atoms with Crippen LogP contribution in [0.15, 0.2) is 48.5 Å². The second kappa shape index (κ2) is 8.54. The molecule has 0 aromatic heterocycles. The maximum absolute atomic E-state index is 13.2. The van der Waals surface area contributed by atoms with Crippen molar-refractivity contribution >= 4 is 35.2 Å². The van der Waals surface area contributed by atoms with Gasteiger partial charge >= 0.3 is 6.03 Å². The van der Waals surface area contributed by atoms with Crippen LogP contribution in [-0.2, 0) is 16.1 Å². The van der Waals surface area contributed by atoms with Crippen molar-refractivity contribution in [2.24, 2.45) is 0 Å². The smallest absolute Gasteiger partial charge is 0.332 e. The number of carbonyl (C=O) groups is 3. The summed E-state index contributed by atoms with van der Waals surface area (Å²) in [6.07, 6.45) is 2.91. The number of benzene rings is 2. The van der Waals surface area contributed by atoms with Gasteiger partial charge in [0.2, 0.25) is 0 Å². The summed E-state index contributed by atoms with van der Waals surface area (Å²) in [5, 5.41) is 8.77. The van der Waals surface area contributed by atoms with Crippen LogP contribution in [0.5, 0.6) is 0 Å². The number of ketones is 1. The lowest BCUT2D eigenvalue weighted by atomic mass is 10.0. The van der Waals surface area contributed by atoms with Crippen LogP contribution in [0, 0.1) is 13.5 Å². The highest BCUT2D eigenvalue weighted by Gasteiger charge is 2.51. The molecule has 1 saturated heterocycles. The van der Waals surface area contributed by atoms with Gasteiger partial charge in [-0.3, -0.25) is 9.59 Å². The quantitative estimate of drug-likeness (QED) is 0.439. The van der Waals surface area contributed by atoms with E-state index >= 15 is 0 Å². The van der Waals surface area contributed by atoms with Crippen molar-refractivity contribution in [1.82, 2.24) is 4.90 Å². The van der Waals surface area contributed by atoms with E-state index in [4.69, 9.17) is 11.7 Å². The predicted molar refractivity (Wildman–Crippen MR) is 118 cm³/mol. The molecule has 2 aromatic carbocycles. The van der Waals surface area contributed by atoms with Gasteiger partial charge in [0, 0.05) is 6.54 Å². The molecule has 31 heavy (non-hydrogen) atoms. The molecule has 1 aliphatic rings. The van der Waals surface area contributed by atoms with Gasteiger partial charge in [-0.15, -0.1) is 0 Å². The van der Waals surface area contributed by atoms with Crippen molar-refractivity contribution < 1.29 is 19.5 Å². The number of amides is 3. The summed E-state index contributed by atoms with van der Waals surface area (Å²) in [5.74, 6) is -0.707. The molecule has 0 radical (unpaired) electrons. The Labute approximate surface area is 181 Å². The number of nitrogens with zero attached hydrogens (tertiary/aromatic N) is 3. The average molecular weight is 417 g/mol. The zero-order valence-electron chi connectivity index (χ0n) is 17.6. The molecule has 0 saturated carbocycles. The molecular formula is C24H23N3O4. The van der Waals surface area contributed by atoms with E-state index in [9.17, 15) is 14.4 Å². The largest absolute Gasteiger partial charge is 0.388 e. The number of urea groups is 1. The highest BCUT2D eigenvalue weighted by molar-refractivity contribution is 6.23. The van der Waals surface area contributed by atoms with E-state index in [2.05, 4.69) is 4.85 Å². The van der Waals surface area contributed by atoms with Gasteiger partial charge in [0.15, 0.2) is 11.5 Å². The fourth-order valence-electron chi connectivity index (χ4n) is 3.39. The number of aliphatic hydroxyl groups is 1. The van der Waals surface area contributed by atoms with Crippen molar-refractivity contribution in [1.29, 1.82) is 0 Å². The molecule has 1 aliphatic heterocycles. The van der Waals surface area contributed by atoms with Crippen LogP contribution in [-0.4, -0.2) is 39.9 Å². The first-order valence-electron chi connectivity index (χ1n) is 9.74. The van der Waals surface area contributed by atoms with Crippen molar-refractivity contribution in [3.8, 4) is 0 Å². The number of carbonyl (C=O) groups excluding carboxylic acids is 3. The maximum atomic E-state index is 13.2. The number of rotatable bonds is 6. The molecule has 2 aromatic rings. The van der Waals surface area contributed by atoms with Crippen molar-refractivity contribution in [3.05, 3.63) is 76.6 Å². The molecule has 1 fully saturated rings. The zero-order chi connectivity index (χ0) is 22.8. The van der Waals surface area contributed by atoms with Crippen LogP contribution in [0.1, 0.15) is 30.5 Å².